The summed E-state index contributed by atoms with van der Waals surface area (Å²) >= 11 is 1.72. The number of aromatic nitrogens is 1. The molecule has 0 saturated carbocycles. The zero-order valence-corrected chi connectivity index (χ0v) is 12.3. The van der Waals surface area contributed by atoms with Crippen LogP contribution in [0, 0.1) is 0 Å². The van der Waals surface area contributed by atoms with E-state index in [1.165, 1.54) is 0 Å². The van der Waals surface area contributed by atoms with Crippen LogP contribution in [0.15, 0.2) is 53.6 Å². The van der Waals surface area contributed by atoms with Gasteiger partial charge in [-0.2, -0.15) is 0 Å². The monoisotopic (exact) mass is 286 g/mol. The lowest BCUT2D eigenvalue weighted by molar-refractivity contribution is 0.0947. The van der Waals surface area contributed by atoms with Gasteiger partial charge < -0.3 is 5.32 Å². The van der Waals surface area contributed by atoms with Gasteiger partial charge >= 0.3 is 0 Å². The van der Waals surface area contributed by atoms with Crippen LogP contribution in [0.25, 0.3) is 0 Å². The molecule has 0 aliphatic carbocycles. The number of nitrogens with one attached hydrogen (secondary N) is 1. The van der Waals surface area contributed by atoms with Gasteiger partial charge in [0.1, 0.15) is 0 Å². The topological polar surface area (TPSA) is 42.0 Å². The zero-order valence-electron chi connectivity index (χ0n) is 11.5. The van der Waals surface area contributed by atoms with E-state index in [9.17, 15) is 4.79 Å². The number of hydrogen-bond donors (Lipinski definition) is 1. The summed E-state index contributed by atoms with van der Waals surface area (Å²) in [6, 6.07) is 13.4. The van der Waals surface area contributed by atoms with Crippen molar-refractivity contribution in [2.75, 3.05) is 5.75 Å². The molecule has 0 aliphatic rings. The third-order valence-electron chi connectivity index (χ3n) is 2.75. The molecule has 0 radical (unpaired) electrons. The van der Waals surface area contributed by atoms with Gasteiger partial charge in [0.15, 0.2) is 0 Å². The normalized spacial score (nSPS) is 10.2. The maximum absolute atomic E-state index is 12.2. The highest BCUT2D eigenvalue weighted by molar-refractivity contribution is 7.99. The minimum absolute atomic E-state index is 0.0464. The van der Waals surface area contributed by atoms with Gasteiger partial charge in [-0.3, -0.25) is 9.78 Å². The number of carbonyl (C=O) groups excluding carboxylic acids is 1. The van der Waals surface area contributed by atoms with Gasteiger partial charge in [0.05, 0.1) is 17.8 Å². The van der Waals surface area contributed by atoms with Crippen LogP contribution in [0.2, 0.25) is 0 Å². The Kier molecular flexibility index (Phi) is 5.62. The van der Waals surface area contributed by atoms with E-state index in [1.807, 2.05) is 42.5 Å². The SMILES string of the molecule is CCCSc1ccccc1C(=O)NCc1ccccn1. The van der Waals surface area contributed by atoms with Crippen LogP contribution in [-0.4, -0.2) is 16.6 Å². The number of rotatable bonds is 6. The number of nitrogens with zero attached hydrogens (tertiary/aromatic N) is 1. The Bertz CT molecular complexity index is 557. The highest BCUT2D eigenvalue weighted by Gasteiger charge is 2.10. The predicted octanol–water partition coefficient (Wildman–Crippen LogP) is 3.51. The zero-order chi connectivity index (χ0) is 14.2. The van der Waals surface area contributed by atoms with Crippen molar-refractivity contribution in [1.82, 2.24) is 10.3 Å². The van der Waals surface area contributed by atoms with E-state index >= 15 is 0 Å². The molecule has 1 amide bonds. The highest BCUT2D eigenvalue weighted by atomic mass is 32.2. The summed E-state index contributed by atoms with van der Waals surface area (Å²) in [6.07, 6.45) is 2.82. The number of thioether (sulfide) groups is 1. The van der Waals surface area contributed by atoms with E-state index in [4.69, 9.17) is 0 Å². The van der Waals surface area contributed by atoms with Crippen molar-refractivity contribution in [2.24, 2.45) is 0 Å². The van der Waals surface area contributed by atoms with Crippen molar-refractivity contribution in [1.29, 1.82) is 0 Å². The van der Waals surface area contributed by atoms with Crippen LogP contribution in [0.5, 0.6) is 0 Å². The van der Waals surface area contributed by atoms with E-state index in [-0.39, 0.29) is 5.91 Å². The smallest absolute Gasteiger partial charge is 0.252 e. The minimum Gasteiger partial charge on any atom is -0.346 e. The van der Waals surface area contributed by atoms with Gasteiger partial charge in [-0.25, -0.2) is 0 Å². The highest BCUT2D eigenvalue weighted by Crippen LogP contribution is 2.23. The van der Waals surface area contributed by atoms with Crippen LogP contribution < -0.4 is 5.32 Å². The second-order valence-corrected chi connectivity index (χ2v) is 5.49. The van der Waals surface area contributed by atoms with Crippen molar-refractivity contribution >= 4 is 17.7 Å². The number of amides is 1. The quantitative estimate of drug-likeness (QED) is 0.826. The van der Waals surface area contributed by atoms with Crippen molar-refractivity contribution in [3.8, 4) is 0 Å². The Hall–Kier alpha value is -1.81. The minimum atomic E-state index is -0.0464. The molecular formula is C16H18N2OS. The molecule has 0 bridgehead atoms. The Morgan fingerprint density at radius 1 is 1.20 bits per heavy atom. The first-order valence-corrected chi connectivity index (χ1v) is 7.69. The molecule has 1 heterocycles. The summed E-state index contributed by atoms with van der Waals surface area (Å²) in [5.74, 6) is 0.972. The van der Waals surface area contributed by atoms with Crippen molar-refractivity contribution in [3.63, 3.8) is 0 Å². The summed E-state index contributed by atoms with van der Waals surface area (Å²) in [7, 11) is 0. The van der Waals surface area contributed by atoms with E-state index in [0.29, 0.717) is 6.54 Å². The fourth-order valence-electron chi connectivity index (χ4n) is 1.76. The Balaban J connectivity index is 2.01. The molecule has 104 valence electrons. The van der Waals surface area contributed by atoms with Crippen LogP contribution in [0.3, 0.4) is 0 Å². The van der Waals surface area contributed by atoms with Gasteiger partial charge in [-0.05, 0) is 36.4 Å². The summed E-state index contributed by atoms with van der Waals surface area (Å²) in [5, 5.41) is 2.92. The summed E-state index contributed by atoms with van der Waals surface area (Å²) in [6.45, 7) is 2.59. The van der Waals surface area contributed by atoms with E-state index in [0.717, 1.165) is 28.3 Å². The summed E-state index contributed by atoms with van der Waals surface area (Å²) in [4.78, 5) is 17.5. The molecule has 1 N–H and O–H groups in total. The van der Waals surface area contributed by atoms with Crippen LogP contribution in [0.1, 0.15) is 29.4 Å². The molecule has 0 spiro atoms. The summed E-state index contributed by atoms with van der Waals surface area (Å²) < 4.78 is 0. The van der Waals surface area contributed by atoms with Gasteiger partial charge in [0, 0.05) is 11.1 Å². The molecule has 0 fully saturated rings. The Morgan fingerprint density at radius 3 is 2.75 bits per heavy atom. The fraction of sp³-hybridized carbons (Fsp3) is 0.250. The van der Waals surface area contributed by atoms with Crippen LogP contribution in [0.4, 0.5) is 0 Å². The molecule has 0 atom stereocenters. The number of pyridine rings is 1. The first kappa shape index (κ1) is 14.6. The molecule has 0 saturated heterocycles. The average Bonchev–Trinajstić information content (AvgIpc) is 2.52. The Morgan fingerprint density at radius 2 is 2.00 bits per heavy atom. The molecular weight excluding hydrogens is 268 g/mol. The standard InChI is InChI=1S/C16H18N2OS/c1-2-11-20-15-9-4-3-8-14(15)16(19)18-12-13-7-5-6-10-17-13/h3-10H,2,11-12H2,1H3,(H,18,19). The number of hydrogen-bond acceptors (Lipinski definition) is 3. The first-order valence-electron chi connectivity index (χ1n) is 6.71. The molecule has 1 aromatic heterocycles. The third-order valence-corrected chi connectivity index (χ3v) is 4.03. The maximum atomic E-state index is 12.2. The predicted molar refractivity (Wildman–Crippen MR) is 82.9 cm³/mol. The molecule has 2 aromatic rings. The van der Waals surface area contributed by atoms with Gasteiger partial charge in [-0.1, -0.05) is 25.1 Å². The number of benzene rings is 1. The lowest BCUT2D eigenvalue weighted by atomic mass is 10.2. The summed E-state index contributed by atoms with van der Waals surface area (Å²) in [5.41, 5.74) is 1.60. The molecule has 0 aliphatic heterocycles. The fourth-order valence-corrected chi connectivity index (χ4v) is 2.68. The molecule has 4 heteroatoms. The number of carbonyl (C=O) groups is 1. The Labute approximate surface area is 123 Å². The van der Waals surface area contributed by atoms with Crippen molar-refractivity contribution in [3.05, 3.63) is 59.9 Å². The third kappa shape index (κ3) is 4.10. The average molecular weight is 286 g/mol. The lowest BCUT2D eigenvalue weighted by Gasteiger charge is -2.09. The van der Waals surface area contributed by atoms with Crippen molar-refractivity contribution in [2.45, 2.75) is 24.8 Å². The largest absolute Gasteiger partial charge is 0.346 e. The molecule has 2 rings (SSSR count). The lowest BCUT2D eigenvalue weighted by Crippen LogP contribution is -2.23. The first-order chi connectivity index (χ1) is 9.81. The molecule has 0 unspecified atom stereocenters. The van der Waals surface area contributed by atoms with Crippen LogP contribution in [-0.2, 0) is 6.54 Å². The molecule has 1 aromatic carbocycles. The van der Waals surface area contributed by atoms with Gasteiger partial charge in [0.25, 0.3) is 5.91 Å². The second-order valence-electron chi connectivity index (χ2n) is 4.35. The van der Waals surface area contributed by atoms with Gasteiger partial charge in [0.2, 0.25) is 0 Å². The maximum Gasteiger partial charge on any atom is 0.252 e. The molecule has 3 nitrogen and oxygen atoms in total. The van der Waals surface area contributed by atoms with Gasteiger partial charge in [-0.15, -0.1) is 11.8 Å². The van der Waals surface area contributed by atoms with E-state index < -0.39 is 0 Å². The second kappa shape index (κ2) is 7.70. The van der Waals surface area contributed by atoms with E-state index in [1.54, 1.807) is 18.0 Å². The van der Waals surface area contributed by atoms with E-state index in [2.05, 4.69) is 17.2 Å². The molecule has 20 heavy (non-hydrogen) atoms. The van der Waals surface area contributed by atoms with Crippen LogP contribution >= 0.6 is 11.8 Å². The van der Waals surface area contributed by atoms with Crippen molar-refractivity contribution < 1.29 is 4.79 Å².